The Morgan fingerprint density at radius 3 is 2.91 bits per heavy atom. The van der Waals surface area contributed by atoms with E-state index in [4.69, 9.17) is 0 Å². The molecule has 3 amide bonds. The Hall–Kier alpha value is -2.97. The standard InChI is InChI=1S/C14H17N7O2/c1-8-3-4-10(7-11(8)21-6-5-15-14(21)23)13(22)16-9(2)12-17-19-20-18-12/h3-4,7,9H,5-6H2,1-2H3,(H,15,23)(H,16,22)(H,17,18,19,20)/t9-/m1/s1. The molecule has 120 valence electrons. The molecule has 0 aliphatic carbocycles. The Bertz CT molecular complexity index is 729. The first kappa shape index (κ1) is 14.9. The summed E-state index contributed by atoms with van der Waals surface area (Å²) in [5, 5.41) is 19.1. The summed E-state index contributed by atoms with van der Waals surface area (Å²) in [6.07, 6.45) is 0. The minimum atomic E-state index is -0.374. The van der Waals surface area contributed by atoms with Gasteiger partial charge in [-0.05, 0) is 31.5 Å². The van der Waals surface area contributed by atoms with Crippen molar-refractivity contribution in [2.75, 3.05) is 18.0 Å². The van der Waals surface area contributed by atoms with E-state index in [-0.39, 0.29) is 18.0 Å². The van der Waals surface area contributed by atoms with E-state index in [0.29, 0.717) is 24.5 Å². The summed E-state index contributed by atoms with van der Waals surface area (Å²) in [5.74, 6) is 0.146. The predicted octanol–water partition coefficient (Wildman–Crippen LogP) is 0.529. The predicted molar refractivity (Wildman–Crippen MR) is 82.0 cm³/mol. The molecule has 3 N–H and O–H groups in total. The maximum Gasteiger partial charge on any atom is 0.322 e. The van der Waals surface area contributed by atoms with Gasteiger partial charge in [-0.25, -0.2) is 4.79 Å². The van der Waals surface area contributed by atoms with Gasteiger partial charge < -0.3 is 10.6 Å². The quantitative estimate of drug-likeness (QED) is 0.761. The van der Waals surface area contributed by atoms with Crippen molar-refractivity contribution in [3.8, 4) is 0 Å². The van der Waals surface area contributed by atoms with Crippen molar-refractivity contribution in [3.63, 3.8) is 0 Å². The van der Waals surface area contributed by atoms with Crippen LogP contribution in [0, 0.1) is 6.92 Å². The zero-order valence-electron chi connectivity index (χ0n) is 12.8. The van der Waals surface area contributed by atoms with Crippen molar-refractivity contribution >= 4 is 17.6 Å². The highest BCUT2D eigenvalue weighted by Crippen LogP contribution is 2.23. The fourth-order valence-electron chi connectivity index (χ4n) is 2.44. The van der Waals surface area contributed by atoms with E-state index >= 15 is 0 Å². The van der Waals surface area contributed by atoms with Crippen molar-refractivity contribution in [1.29, 1.82) is 0 Å². The molecule has 1 atom stereocenters. The van der Waals surface area contributed by atoms with Crippen LogP contribution in [0.2, 0.25) is 0 Å². The van der Waals surface area contributed by atoms with E-state index in [1.807, 2.05) is 13.0 Å². The lowest BCUT2D eigenvalue weighted by Crippen LogP contribution is -2.30. The first-order valence-electron chi connectivity index (χ1n) is 7.26. The monoisotopic (exact) mass is 315 g/mol. The Labute approximate surface area is 132 Å². The lowest BCUT2D eigenvalue weighted by Gasteiger charge is -2.18. The van der Waals surface area contributed by atoms with Crippen LogP contribution in [0.3, 0.4) is 0 Å². The maximum atomic E-state index is 12.4. The number of carbonyl (C=O) groups excluding carboxylic acids is 2. The second-order valence-corrected chi connectivity index (χ2v) is 5.35. The lowest BCUT2D eigenvalue weighted by molar-refractivity contribution is 0.0938. The van der Waals surface area contributed by atoms with Crippen LogP contribution in [0.25, 0.3) is 0 Å². The van der Waals surface area contributed by atoms with Crippen molar-refractivity contribution in [1.82, 2.24) is 31.3 Å². The fraction of sp³-hybridized carbons (Fsp3) is 0.357. The number of nitrogens with zero attached hydrogens (tertiary/aromatic N) is 4. The fourth-order valence-corrected chi connectivity index (χ4v) is 2.44. The second kappa shape index (κ2) is 6.03. The van der Waals surface area contributed by atoms with E-state index in [1.165, 1.54) is 0 Å². The largest absolute Gasteiger partial charge is 0.342 e. The van der Waals surface area contributed by atoms with Crippen LogP contribution in [0.15, 0.2) is 18.2 Å². The van der Waals surface area contributed by atoms with Gasteiger partial charge >= 0.3 is 6.03 Å². The van der Waals surface area contributed by atoms with Gasteiger partial charge in [-0.3, -0.25) is 9.69 Å². The number of carbonyl (C=O) groups is 2. The highest BCUT2D eigenvalue weighted by Gasteiger charge is 2.24. The molecule has 3 rings (SSSR count). The van der Waals surface area contributed by atoms with E-state index in [0.717, 1.165) is 11.3 Å². The summed E-state index contributed by atoms with van der Waals surface area (Å²) in [5.41, 5.74) is 2.14. The minimum absolute atomic E-state index is 0.147. The molecule has 1 aromatic carbocycles. The number of anilines is 1. The van der Waals surface area contributed by atoms with Gasteiger partial charge in [0.05, 0.1) is 6.04 Å². The number of aromatic nitrogens is 4. The minimum Gasteiger partial charge on any atom is -0.342 e. The van der Waals surface area contributed by atoms with Gasteiger partial charge in [0.1, 0.15) is 0 Å². The molecule has 9 nitrogen and oxygen atoms in total. The van der Waals surface area contributed by atoms with Crippen LogP contribution >= 0.6 is 0 Å². The van der Waals surface area contributed by atoms with Crippen LogP contribution in [0.4, 0.5) is 10.5 Å². The van der Waals surface area contributed by atoms with E-state index in [9.17, 15) is 9.59 Å². The molecule has 1 aliphatic rings. The highest BCUT2D eigenvalue weighted by atomic mass is 16.2. The molecule has 9 heteroatoms. The molecule has 0 unspecified atom stereocenters. The third kappa shape index (κ3) is 2.98. The van der Waals surface area contributed by atoms with Gasteiger partial charge in [0.25, 0.3) is 5.91 Å². The molecule has 23 heavy (non-hydrogen) atoms. The second-order valence-electron chi connectivity index (χ2n) is 5.35. The Balaban J connectivity index is 1.80. The van der Waals surface area contributed by atoms with Crippen LogP contribution in [0.5, 0.6) is 0 Å². The van der Waals surface area contributed by atoms with Crippen molar-refractivity contribution in [2.45, 2.75) is 19.9 Å². The molecule has 1 saturated heterocycles. The van der Waals surface area contributed by atoms with Crippen LogP contribution < -0.4 is 15.5 Å². The number of rotatable bonds is 4. The Morgan fingerprint density at radius 2 is 2.26 bits per heavy atom. The normalized spacial score (nSPS) is 15.4. The van der Waals surface area contributed by atoms with E-state index in [1.54, 1.807) is 24.0 Å². The van der Waals surface area contributed by atoms with Crippen LogP contribution in [0.1, 0.15) is 34.7 Å². The first-order valence-corrected chi connectivity index (χ1v) is 7.26. The van der Waals surface area contributed by atoms with Gasteiger partial charge in [0.15, 0.2) is 5.82 Å². The summed E-state index contributed by atoms with van der Waals surface area (Å²) in [4.78, 5) is 25.9. The van der Waals surface area contributed by atoms with Crippen molar-refractivity contribution < 1.29 is 9.59 Å². The molecular formula is C14H17N7O2. The summed E-state index contributed by atoms with van der Waals surface area (Å²) >= 11 is 0. The number of amides is 3. The summed E-state index contributed by atoms with van der Waals surface area (Å²) < 4.78 is 0. The van der Waals surface area contributed by atoms with E-state index in [2.05, 4.69) is 31.3 Å². The van der Waals surface area contributed by atoms with Crippen molar-refractivity contribution in [3.05, 3.63) is 35.2 Å². The Morgan fingerprint density at radius 1 is 1.43 bits per heavy atom. The number of hydrogen-bond acceptors (Lipinski definition) is 5. The van der Waals surface area contributed by atoms with Crippen LogP contribution in [-0.4, -0.2) is 45.7 Å². The molecule has 1 fully saturated rings. The Kier molecular flexibility index (Phi) is 3.92. The SMILES string of the molecule is Cc1ccc(C(=O)N[C@H](C)c2nn[nH]n2)cc1N1CCNC1=O. The number of H-pyrrole nitrogens is 1. The van der Waals surface area contributed by atoms with Gasteiger partial charge in [-0.1, -0.05) is 11.3 Å². The van der Waals surface area contributed by atoms with Gasteiger partial charge in [-0.15, -0.1) is 10.2 Å². The summed E-state index contributed by atoms with van der Waals surface area (Å²) in [6.45, 7) is 4.86. The molecular weight excluding hydrogens is 298 g/mol. The van der Waals surface area contributed by atoms with E-state index < -0.39 is 0 Å². The molecule has 0 bridgehead atoms. The van der Waals surface area contributed by atoms with Gasteiger partial charge in [0.2, 0.25) is 0 Å². The van der Waals surface area contributed by atoms with Gasteiger partial charge in [-0.2, -0.15) is 5.21 Å². The van der Waals surface area contributed by atoms with Crippen LogP contribution in [-0.2, 0) is 0 Å². The molecule has 2 aromatic rings. The first-order chi connectivity index (χ1) is 11.1. The smallest absolute Gasteiger partial charge is 0.322 e. The maximum absolute atomic E-state index is 12.4. The molecule has 0 saturated carbocycles. The number of tetrazole rings is 1. The third-order valence-corrected chi connectivity index (χ3v) is 3.72. The molecule has 1 aromatic heterocycles. The number of hydrogen-bond donors (Lipinski definition) is 3. The lowest BCUT2D eigenvalue weighted by atomic mass is 10.1. The molecule has 0 radical (unpaired) electrons. The molecule has 1 aliphatic heterocycles. The third-order valence-electron chi connectivity index (χ3n) is 3.72. The van der Waals surface area contributed by atoms with Gasteiger partial charge in [0, 0.05) is 24.3 Å². The molecule has 2 heterocycles. The number of urea groups is 1. The summed E-state index contributed by atoms with van der Waals surface area (Å²) in [6, 6.07) is 4.75. The topological polar surface area (TPSA) is 116 Å². The number of nitrogens with one attached hydrogen (secondary N) is 3. The number of aromatic amines is 1. The summed E-state index contributed by atoms with van der Waals surface area (Å²) in [7, 11) is 0. The highest BCUT2D eigenvalue weighted by molar-refractivity contribution is 5.99. The number of benzene rings is 1. The number of aryl methyl sites for hydroxylation is 1. The average molecular weight is 315 g/mol. The zero-order valence-corrected chi connectivity index (χ0v) is 12.8. The zero-order chi connectivity index (χ0) is 16.4. The molecule has 0 spiro atoms. The average Bonchev–Trinajstić information content (AvgIpc) is 3.19. The van der Waals surface area contributed by atoms with Crippen molar-refractivity contribution in [2.24, 2.45) is 0 Å².